The lowest BCUT2D eigenvalue weighted by Crippen LogP contribution is -2.46. The normalized spacial score (nSPS) is 12.5. The predicted molar refractivity (Wildman–Crippen MR) is 103 cm³/mol. The number of hydrogen-bond donors (Lipinski definition) is 2. The van der Waals surface area contributed by atoms with Crippen molar-refractivity contribution in [3.63, 3.8) is 0 Å². The summed E-state index contributed by atoms with van der Waals surface area (Å²) in [6.45, 7) is 13.0. The van der Waals surface area contributed by atoms with E-state index in [9.17, 15) is 0 Å². The standard InChI is InChI=1S/C17H27N3S2/c1-7-17(5,6)19-15(21)20-18-12-13-10-8-9-11-14(13)22-16(2,3)4/h8-12H,7H2,1-6H3,(H2,19,20,21)/b18-12+. The highest BCUT2D eigenvalue weighted by atomic mass is 32.2. The van der Waals surface area contributed by atoms with Gasteiger partial charge in [-0.2, -0.15) is 5.10 Å². The Labute approximate surface area is 144 Å². The SMILES string of the molecule is CCC(C)(C)NC(=S)N/N=C/c1ccccc1SC(C)(C)C. The molecule has 1 rings (SSSR count). The number of thioether (sulfide) groups is 1. The summed E-state index contributed by atoms with van der Waals surface area (Å²) < 4.78 is 0.166. The summed E-state index contributed by atoms with van der Waals surface area (Å²) in [7, 11) is 0. The van der Waals surface area contributed by atoms with Crippen LogP contribution in [0.25, 0.3) is 0 Å². The number of nitrogens with zero attached hydrogens (tertiary/aromatic N) is 1. The van der Waals surface area contributed by atoms with Crippen molar-refractivity contribution in [1.29, 1.82) is 0 Å². The van der Waals surface area contributed by atoms with E-state index < -0.39 is 0 Å². The van der Waals surface area contributed by atoms with E-state index in [1.807, 2.05) is 24.0 Å². The van der Waals surface area contributed by atoms with E-state index in [2.05, 4.69) is 75.6 Å². The molecular formula is C17H27N3S2. The second kappa shape index (κ2) is 7.97. The average Bonchev–Trinajstić information content (AvgIpc) is 2.38. The van der Waals surface area contributed by atoms with Crippen LogP contribution in [0.3, 0.4) is 0 Å². The lowest BCUT2D eigenvalue weighted by Gasteiger charge is -2.25. The third kappa shape index (κ3) is 7.27. The maximum atomic E-state index is 5.26. The molecule has 0 aliphatic rings. The summed E-state index contributed by atoms with van der Waals surface area (Å²) in [6, 6.07) is 8.25. The first-order chi connectivity index (χ1) is 10.1. The third-order valence-electron chi connectivity index (χ3n) is 3.04. The quantitative estimate of drug-likeness (QED) is 0.357. The Morgan fingerprint density at radius 3 is 2.45 bits per heavy atom. The first kappa shape index (κ1) is 19.0. The highest BCUT2D eigenvalue weighted by Gasteiger charge is 2.15. The zero-order chi connectivity index (χ0) is 16.8. The van der Waals surface area contributed by atoms with Gasteiger partial charge in [-0.1, -0.05) is 45.9 Å². The molecule has 2 N–H and O–H groups in total. The maximum Gasteiger partial charge on any atom is 0.187 e. The van der Waals surface area contributed by atoms with Gasteiger partial charge in [0.05, 0.1) is 6.21 Å². The van der Waals surface area contributed by atoms with Crippen molar-refractivity contribution in [3.05, 3.63) is 29.8 Å². The van der Waals surface area contributed by atoms with Gasteiger partial charge >= 0.3 is 0 Å². The van der Waals surface area contributed by atoms with E-state index in [4.69, 9.17) is 12.2 Å². The molecule has 0 aromatic heterocycles. The lowest BCUT2D eigenvalue weighted by atomic mass is 10.0. The van der Waals surface area contributed by atoms with Crippen LogP contribution in [-0.4, -0.2) is 21.6 Å². The van der Waals surface area contributed by atoms with Crippen molar-refractivity contribution >= 4 is 35.3 Å². The highest BCUT2D eigenvalue weighted by Crippen LogP contribution is 2.33. The van der Waals surface area contributed by atoms with Crippen LogP contribution >= 0.6 is 24.0 Å². The fourth-order valence-electron chi connectivity index (χ4n) is 1.59. The van der Waals surface area contributed by atoms with E-state index in [1.54, 1.807) is 0 Å². The second-order valence-electron chi connectivity index (χ2n) is 6.81. The number of thiocarbonyl (C=S) groups is 1. The summed E-state index contributed by atoms with van der Waals surface area (Å²) in [5.41, 5.74) is 3.95. The Morgan fingerprint density at radius 1 is 1.23 bits per heavy atom. The number of hydrazone groups is 1. The third-order valence-corrected chi connectivity index (χ3v) is 4.44. The molecule has 0 fully saturated rings. The van der Waals surface area contributed by atoms with Gasteiger partial charge in [0.2, 0.25) is 0 Å². The molecule has 1 aromatic rings. The molecule has 0 unspecified atom stereocenters. The molecule has 22 heavy (non-hydrogen) atoms. The molecule has 0 saturated carbocycles. The van der Waals surface area contributed by atoms with Gasteiger partial charge in [0.1, 0.15) is 0 Å². The fourth-order valence-corrected chi connectivity index (χ4v) is 2.97. The molecule has 1 aromatic carbocycles. The minimum absolute atomic E-state index is 0.0282. The van der Waals surface area contributed by atoms with Crippen LogP contribution in [0.5, 0.6) is 0 Å². The average molecular weight is 338 g/mol. The fraction of sp³-hybridized carbons (Fsp3) is 0.529. The topological polar surface area (TPSA) is 36.4 Å². The summed E-state index contributed by atoms with van der Waals surface area (Å²) in [5.74, 6) is 0. The predicted octanol–water partition coefficient (Wildman–Crippen LogP) is 4.56. The molecule has 0 spiro atoms. The monoisotopic (exact) mass is 337 g/mol. The van der Waals surface area contributed by atoms with E-state index in [0.717, 1.165) is 12.0 Å². The largest absolute Gasteiger partial charge is 0.356 e. The Bertz CT molecular complexity index is 531. The van der Waals surface area contributed by atoms with Gasteiger partial charge in [-0.15, -0.1) is 11.8 Å². The van der Waals surface area contributed by atoms with Crippen LogP contribution < -0.4 is 10.7 Å². The van der Waals surface area contributed by atoms with E-state index >= 15 is 0 Å². The first-order valence-corrected chi connectivity index (χ1v) is 8.75. The van der Waals surface area contributed by atoms with Gasteiger partial charge < -0.3 is 5.32 Å². The second-order valence-corrected chi connectivity index (χ2v) is 9.09. The maximum absolute atomic E-state index is 5.26. The number of hydrogen-bond acceptors (Lipinski definition) is 3. The Kier molecular flexibility index (Phi) is 6.88. The molecule has 0 atom stereocenters. The number of nitrogens with one attached hydrogen (secondary N) is 2. The van der Waals surface area contributed by atoms with Crippen LogP contribution in [-0.2, 0) is 0 Å². The van der Waals surface area contributed by atoms with Crippen molar-refractivity contribution in [2.24, 2.45) is 5.10 Å². The summed E-state index contributed by atoms with van der Waals surface area (Å²) in [4.78, 5) is 1.22. The first-order valence-electron chi connectivity index (χ1n) is 7.52. The van der Waals surface area contributed by atoms with Crippen molar-refractivity contribution in [2.75, 3.05) is 0 Å². The van der Waals surface area contributed by atoms with Crippen LogP contribution in [0, 0.1) is 0 Å². The minimum atomic E-state index is -0.0282. The zero-order valence-corrected chi connectivity index (χ0v) is 16.0. The highest BCUT2D eigenvalue weighted by molar-refractivity contribution is 8.00. The lowest BCUT2D eigenvalue weighted by molar-refractivity contribution is 0.443. The van der Waals surface area contributed by atoms with Crippen LogP contribution in [0.15, 0.2) is 34.3 Å². The molecule has 0 saturated heterocycles. The van der Waals surface area contributed by atoms with E-state index in [1.165, 1.54) is 4.90 Å². The molecule has 122 valence electrons. The molecule has 0 amide bonds. The molecule has 0 radical (unpaired) electrons. The van der Waals surface area contributed by atoms with Crippen molar-refractivity contribution < 1.29 is 0 Å². The summed E-state index contributed by atoms with van der Waals surface area (Å²) in [6.07, 6.45) is 2.81. The molecule has 3 nitrogen and oxygen atoms in total. The molecule has 5 heteroatoms. The van der Waals surface area contributed by atoms with Crippen molar-refractivity contribution in [3.8, 4) is 0 Å². The molecule has 0 aliphatic heterocycles. The summed E-state index contributed by atoms with van der Waals surface area (Å²) >= 11 is 7.10. The van der Waals surface area contributed by atoms with Gasteiger partial charge in [0.25, 0.3) is 0 Å². The minimum Gasteiger partial charge on any atom is -0.356 e. The van der Waals surface area contributed by atoms with E-state index in [0.29, 0.717) is 5.11 Å². The Hall–Kier alpha value is -1.07. The smallest absolute Gasteiger partial charge is 0.187 e. The van der Waals surface area contributed by atoms with Gasteiger partial charge in [-0.05, 0) is 38.6 Å². The number of benzene rings is 1. The van der Waals surface area contributed by atoms with Crippen molar-refractivity contribution in [2.45, 2.75) is 63.1 Å². The van der Waals surface area contributed by atoms with Crippen LogP contribution in [0.2, 0.25) is 0 Å². The van der Waals surface area contributed by atoms with Gasteiger partial charge in [-0.25, -0.2) is 0 Å². The van der Waals surface area contributed by atoms with Crippen molar-refractivity contribution in [1.82, 2.24) is 10.7 Å². The molecule has 0 heterocycles. The van der Waals surface area contributed by atoms with E-state index in [-0.39, 0.29) is 10.3 Å². The molecular weight excluding hydrogens is 310 g/mol. The van der Waals surface area contributed by atoms with Crippen LogP contribution in [0.4, 0.5) is 0 Å². The Morgan fingerprint density at radius 2 is 1.86 bits per heavy atom. The number of rotatable bonds is 5. The molecule has 0 bridgehead atoms. The van der Waals surface area contributed by atoms with Gasteiger partial charge in [-0.3, -0.25) is 5.43 Å². The summed E-state index contributed by atoms with van der Waals surface area (Å²) in [5, 5.41) is 8.05. The van der Waals surface area contributed by atoms with Crippen LogP contribution in [0.1, 0.15) is 53.5 Å². The van der Waals surface area contributed by atoms with Gasteiger partial charge in [0.15, 0.2) is 5.11 Å². The zero-order valence-electron chi connectivity index (χ0n) is 14.4. The molecule has 0 aliphatic carbocycles. The Balaban J connectivity index is 2.69. The van der Waals surface area contributed by atoms with Gasteiger partial charge in [0, 0.05) is 20.7 Å².